The Morgan fingerprint density at radius 3 is 2.65 bits per heavy atom. The monoisotopic (exact) mass is 234 g/mol. The summed E-state index contributed by atoms with van der Waals surface area (Å²) in [6.07, 6.45) is 4.34. The standard InChI is InChI=1S/C15H22O2/c1-2-3-5-10-14(16)13-11-17-15(13)12-8-6-4-7-9-12/h4,6-9,13-16H,2-3,5,10-11H2,1H3/t13-,14?,15-/m0/s1. The van der Waals surface area contributed by atoms with Gasteiger partial charge in [0.05, 0.1) is 18.8 Å². The molecule has 1 aliphatic rings. The normalized spacial score (nSPS) is 25.3. The first-order chi connectivity index (χ1) is 8.33. The molecule has 2 rings (SSSR count). The molecular weight excluding hydrogens is 212 g/mol. The van der Waals surface area contributed by atoms with E-state index in [0.29, 0.717) is 6.61 Å². The Morgan fingerprint density at radius 1 is 1.29 bits per heavy atom. The summed E-state index contributed by atoms with van der Waals surface area (Å²) in [7, 11) is 0. The summed E-state index contributed by atoms with van der Waals surface area (Å²) < 4.78 is 5.60. The number of hydrogen-bond donors (Lipinski definition) is 1. The molecule has 0 aromatic heterocycles. The zero-order valence-electron chi connectivity index (χ0n) is 10.5. The van der Waals surface area contributed by atoms with Crippen molar-refractivity contribution in [1.82, 2.24) is 0 Å². The zero-order chi connectivity index (χ0) is 12.1. The molecule has 0 aliphatic carbocycles. The quantitative estimate of drug-likeness (QED) is 0.765. The molecule has 1 heterocycles. The van der Waals surface area contributed by atoms with E-state index in [1.807, 2.05) is 18.2 Å². The lowest BCUT2D eigenvalue weighted by molar-refractivity contribution is -0.162. The molecule has 2 nitrogen and oxygen atoms in total. The number of benzene rings is 1. The van der Waals surface area contributed by atoms with E-state index in [4.69, 9.17) is 4.74 Å². The number of aliphatic hydroxyl groups is 1. The van der Waals surface area contributed by atoms with Gasteiger partial charge in [-0.25, -0.2) is 0 Å². The van der Waals surface area contributed by atoms with Gasteiger partial charge in [-0.1, -0.05) is 56.5 Å². The third-order valence-electron chi connectivity index (χ3n) is 3.58. The fourth-order valence-corrected chi connectivity index (χ4v) is 2.42. The second kappa shape index (κ2) is 6.18. The van der Waals surface area contributed by atoms with Crippen LogP contribution in [-0.2, 0) is 4.74 Å². The fourth-order valence-electron chi connectivity index (χ4n) is 2.42. The van der Waals surface area contributed by atoms with E-state index in [1.165, 1.54) is 18.4 Å². The molecule has 94 valence electrons. The Hall–Kier alpha value is -0.860. The smallest absolute Gasteiger partial charge is 0.0900 e. The van der Waals surface area contributed by atoms with Crippen LogP contribution in [0.5, 0.6) is 0 Å². The Kier molecular flexibility index (Phi) is 4.57. The minimum absolute atomic E-state index is 0.104. The van der Waals surface area contributed by atoms with Crippen LogP contribution in [0.4, 0.5) is 0 Å². The summed E-state index contributed by atoms with van der Waals surface area (Å²) in [5.74, 6) is 0.286. The van der Waals surface area contributed by atoms with Crippen molar-refractivity contribution in [2.45, 2.75) is 44.8 Å². The first-order valence-corrected chi connectivity index (χ1v) is 6.67. The fraction of sp³-hybridized carbons (Fsp3) is 0.600. The van der Waals surface area contributed by atoms with E-state index in [2.05, 4.69) is 19.1 Å². The third-order valence-corrected chi connectivity index (χ3v) is 3.58. The van der Waals surface area contributed by atoms with Crippen LogP contribution in [0, 0.1) is 5.92 Å². The van der Waals surface area contributed by atoms with Crippen LogP contribution < -0.4 is 0 Å². The first kappa shape index (κ1) is 12.6. The molecule has 0 amide bonds. The highest BCUT2D eigenvalue weighted by Gasteiger charge is 2.38. The van der Waals surface area contributed by atoms with Crippen molar-refractivity contribution < 1.29 is 9.84 Å². The number of aliphatic hydroxyl groups excluding tert-OH is 1. The lowest BCUT2D eigenvalue weighted by Gasteiger charge is -2.40. The maximum Gasteiger partial charge on any atom is 0.0900 e. The van der Waals surface area contributed by atoms with Gasteiger partial charge < -0.3 is 9.84 Å². The van der Waals surface area contributed by atoms with Crippen LogP contribution in [0.3, 0.4) is 0 Å². The van der Waals surface area contributed by atoms with Gasteiger partial charge in [0.1, 0.15) is 0 Å². The van der Waals surface area contributed by atoms with E-state index in [1.54, 1.807) is 0 Å². The molecule has 1 aromatic carbocycles. The Labute approximate surface area is 104 Å². The lowest BCUT2D eigenvalue weighted by Crippen LogP contribution is -2.40. The molecule has 1 fully saturated rings. The van der Waals surface area contributed by atoms with Crippen molar-refractivity contribution in [2.75, 3.05) is 6.61 Å². The molecule has 0 saturated carbocycles. The van der Waals surface area contributed by atoms with E-state index < -0.39 is 0 Å². The van der Waals surface area contributed by atoms with Crippen molar-refractivity contribution in [3.8, 4) is 0 Å². The predicted molar refractivity (Wildman–Crippen MR) is 68.8 cm³/mol. The number of hydrogen-bond acceptors (Lipinski definition) is 2. The summed E-state index contributed by atoms with van der Waals surface area (Å²) >= 11 is 0. The van der Waals surface area contributed by atoms with Gasteiger partial charge in [-0.05, 0) is 12.0 Å². The average molecular weight is 234 g/mol. The van der Waals surface area contributed by atoms with E-state index in [-0.39, 0.29) is 18.1 Å². The van der Waals surface area contributed by atoms with Crippen LogP contribution in [0.15, 0.2) is 30.3 Å². The Balaban J connectivity index is 1.86. The van der Waals surface area contributed by atoms with Crippen LogP contribution >= 0.6 is 0 Å². The summed E-state index contributed by atoms with van der Waals surface area (Å²) in [4.78, 5) is 0. The van der Waals surface area contributed by atoms with Crippen LogP contribution in [0.2, 0.25) is 0 Å². The molecule has 0 bridgehead atoms. The first-order valence-electron chi connectivity index (χ1n) is 6.67. The van der Waals surface area contributed by atoms with Crippen molar-refractivity contribution >= 4 is 0 Å². The number of ether oxygens (including phenoxy) is 1. The van der Waals surface area contributed by atoms with Gasteiger partial charge in [-0.15, -0.1) is 0 Å². The number of unbranched alkanes of at least 4 members (excludes halogenated alkanes) is 2. The van der Waals surface area contributed by atoms with Gasteiger partial charge >= 0.3 is 0 Å². The summed E-state index contributed by atoms with van der Waals surface area (Å²) in [6.45, 7) is 2.89. The largest absolute Gasteiger partial charge is 0.393 e. The van der Waals surface area contributed by atoms with Crippen molar-refractivity contribution in [3.63, 3.8) is 0 Å². The highest BCUT2D eigenvalue weighted by atomic mass is 16.5. The van der Waals surface area contributed by atoms with E-state index >= 15 is 0 Å². The van der Waals surface area contributed by atoms with Gasteiger partial charge in [-0.2, -0.15) is 0 Å². The molecule has 1 aliphatic heterocycles. The topological polar surface area (TPSA) is 29.5 Å². The Bertz CT molecular complexity index is 323. The molecule has 1 unspecified atom stereocenters. The molecule has 3 atom stereocenters. The van der Waals surface area contributed by atoms with Crippen molar-refractivity contribution in [1.29, 1.82) is 0 Å². The maximum absolute atomic E-state index is 10.1. The van der Waals surface area contributed by atoms with Gasteiger partial charge in [0.2, 0.25) is 0 Å². The van der Waals surface area contributed by atoms with Gasteiger partial charge in [0.15, 0.2) is 0 Å². The molecule has 17 heavy (non-hydrogen) atoms. The third kappa shape index (κ3) is 3.08. The number of rotatable bonds is 6. The van der Waals surface area contributed by atoms with E-state index in [9.17, 15) is 5.11 Å². The SMILES string of the molecule is CCCCCC(O)[C@@H]1CO[C@H]1c1ccccc1. The van der Waals surface area contributed by atoms with Crippen LogP contribution in [-0.4, -0.2) is 17.8 Å². The average Bonchev–Trinajstić information content (AvgIpc) is 2.29. The van der Waals surface area contributed by atoms with Crippen molar-refractivity contribution in [2.24, 2.45) is 5.92 Å². The minimum atomic E-state index is -0.208. The van der Waals surface area contributed by atoms with Gasteiger partial charge in [-0.3, -0.25) is 0 Å². The summed E-state index contributed by atoms with van der Waals surface area (Å²) in [5.41, 5.74) is 1.19. The van der Waals surface area contributed by atoms with Gasteiger partial charge in [0, 0.05) is 5.92 Å². The molecule has 2 heteroatoms. The summed E-state index contributed by atoms with van der Waals surface area (Å²) in [6, 6.07) is 10.2. The lowest BCUT2D eigenvalue weighted by atomic mass is 9.85. The molecular formula is C15H22O2. The second-order valence-electron chi connectivity index (χ2n) is 4.89. The molecule has 1 N–H and O–H groups in total. The molecule has 0 spiro atoms. The van der Waals surface area contributed by atoms with Crippen LogP contribution in [0.1, 0.15) is 44.3 Å². The Morgan fingerprint density at radius 2 is 2.06 bits per heavy atom. The molecule has 1 saturated heterocycles. The van der Waals surface area contributed by atoms with E-state index in [0.717, 1.165) is 12.8 Å². The maximum atomic E-state index is 10.1. The highest BCUT2D eigenvalue weighted by Crippen LogP contribution is 2.38. The minimum Gasteiger partial charge on any atom is -0.393 e. The molecule has 0 radical (unpaired) electrons. The zero-order valence-corrected chi connectivity index (χ0v) is 10.5. The van der Waals surface area contributed by atoms with Crippen molar-refractivity contribution in [3.05, 3.63) is 35.9 Å². The highest BCUT2D eigenvalue weighted by molar-refractivity contribution is 5.20. The second-order valence-corrected chi connectivity index (χ2v) is 4.89. The molecule has 1 aromatic rings. The van der Waals surface area contributed by atoms with Gasteiger partial charge in [0.25, 0.3) is 0 Å². The summed E-state index contributed by atoms with van der Waals surface area (Å²) in [5, 5.41) is 10.1. The predicted octanol–water partition coefficient (Wildman–Crippen LogP) is 3.32. The van der Waals surface area contributed by atoms with Crippen LogP contribution in [0.25, 0.3) is 0 Å².